The number of ether oxygens (including phenoxy) is 2. The average molecular weight is 567 g/mol. The lowest BCUT2D eigenvalue weighted by molar-refractivity contribution is -0.384. The van der Waals surface area contributed by atoms with Crippen molar-refractivity contribution < 1.29 is 24.0 Å². The lowest BCUT2D eigenvalue weighted by atomic mass is 9.98. The molecule has 2 aliphatic heterocycles. The number of nitrogens with zero attached hydrogens (tertiary/aromatic N) is 5. The Morgan fingerprint density at radius 3 is 2.37 bits per heavy atom. The van der Waals surface area contributed by atoms with Crippen LogP contribution in [0.5, 0.6) is 5.75 Å². The zero-order chi connectivity index (χ0) is 29.6. The number of carbonyl (C=O) groups excluding carboxylic acids is 2. The molecule has 2 aromatic carbocycles. The summed E-state index contributed by atoms with van der Waals surface area (Å²) < 4.78 is 10.7. The molecule has 2 aliphatic rings. The number of carbonyl (C=O) groups is 2. The van der Waals surface area contributed by atoms with Crippen molar-refractivity contribution in [3.8, 4) is 5.75 Å². The first-order chi connectivity index (χ1) is 19.5. The van der Waals surface area contributed by atoms with Crippen LogP contribution in [-0.2, 0) is 9.53 Å². The van der Waals surface area contributed by atoms with Gasteiger partial charge in [-0.1, -0.05) is 12.1 Å². The topological polar surface area (TPSA) is 130 Å². The summed E-state index contributed by atoms with van der Waals surface area (Å²) in [6.07, 6.45) is 0.415. The standard InChI is InChI=1S/C29H38N6O6/c1-29(2,3)30-28(37)33(14-13-32-15-17-41-18-16-32)20-27(36)34-26(22-7-11-24(40-4)12-8-22)19-25(31-34)21-5-9-23(10-6-21)35(38)39/h5-12,26H,13-20H2,1-4H3,(H,30,37)/t26-/m0/s1. The van der Waals surface area contributed by atoms with Crippen molar-refractivity contribution in [2.75, 3.05) is 53.0 Å². The Balaban J connectivity index is 1.58. The van der Waals surface area contributed by atoms with Crippen molar-refractivity contribution in [3.05, 3.63) is 69.8 Å². The van der Waals surface area contributed by atoms with Crippen LogP contribution in [0.1, 0.15) is 44.4 Å². The minimum absolute atomic E-state index is 0.0206. The van der Waals surface area contributed by atoms with Crippen molar-refractivity contribution in [2.24, 2.45) is 5.10 Å². The largest absolute Gasteiger partial charge is 0.497 e. The van der Waals surface area contributed by atoms with E-state index in [-0.39, 0.29) is 24.2 Å². The molecule has 0 aliphatic carbocycles. The second-order valence-corrected chi connectivity index (χ2v) is 11.1. The lowest BCUT2D eigenvalue weighted by Crippen LogP contribution is -2.53. The molecule has 1 saturated heterocycles. The van der Waals surface area contributed by atoms with E-state index in [0.717, 1.165) is 18.7 Å². The predicted molar refractivity (Wildman–Crippen MR) is 154 cm³/mol. The number of nitro benzene ring substituents is 1. The molecule has 0 radical (unpaired) electrons. The Bertz CT molecular complexity index is 1250. The summed E-state index contributed by atoms with van der Waals surface area (Å²) >= 11 is 0. The van der Waals surface area contributed by atoms with Crippen LogP contribution >= 0.6 is 0 Å². The van der Waals surface area contributed by atoms with E-state index in [2.05, 4.69) is 15.3 Å². The first-order valence-corrected chi connectivity index (χ1v) is 13.7. The molecule has 0 aromatic heterocycles. The third kappa shape index (κ3) is 8.01. The van der Waals surface area contributed by atoms with Crippen LogP contribution in [0.4, 0.5) is 10.5 Å². The molecule has 0 unspecified atom stereocenters. The number of benzene rings is 2. The Morgan fingerprint density at radius 1 is 1.12 bits per heavy atom. The van der Waals surface area contributed by atoms with E-state index >= 15 is 0 Å². The highest BCUT2D eigenvalue weighted by molar-refractivity contribution is 6.03. The number of hydrazone groups is 1. The number of hydrogen-bond donors (Lipinski definition) is 1. The number of rotatable bonds is 9. The van der Waals surface area contributed by atoms with E-state index in [9.17, 15) is 19.7 Å². The molecule has 3 amide bonds. The van der Waals surface area contributed by atoms with Gasteiger partial charge in [0.15, 0.2) is 0 Å². The maximum Gasteiger partial charge on any atom is 0.318 e. The molecular weight excluding hydrogens is 528 g/mol. The third-order valence-electron chi connectivity index (χ3n) is 6.96. The molecule has 12 heteroatoms. The van der Waals surface area contributed by atoms with Crippen molar-refractivity contribution in [1.82, 2.24) is 20.1 Å². The van der Waals surface area contributed by atoms with E-state index in [0.29, 0.717) is 49.7 Å². The first kappa shape index (κ1) is 29.9. The zero-order valence-corrected chi connectivity index (χ0v) is 24.0. The van der Waals surface area contributed by atoms with Gasteiger partial charge >= 0.3 is 6.03 Å². The fourth-order valence-corrected chi connectivity index (χ4v) is 4.75. The fourth-order valence-electron chi connectivity index (χ4n) is 4.75. The molecule has 220 valence electrons. The van der Waals surface area contributed by atoms with Crippen molar-refractivity contribution >= 4 is 23.3 Å². The normalized spacial score (nSPS) is 17.6. The molecule has 1 N–H and O–H groups in total. The molecule has 0 saturated carbocycles. The molecule has 0 spiro atoms. The molecule has 2 heterocycles. The molecule has 41 heavy (non-hydrogen) atoms. The summed E-state index contributed by atoms with van der Waals surface area (Å²) in [5.74, 6) is 0.364. The summed E-state index contributed by atoms with van der Waals surface area (Å²) in [6, 6.07) is 12.8. The van der Waals surface area contributed by atoms with Gasteiger partial charge in [0.05, 0.1) is 37.0 Å². The van der Waals surface area contributed by atoms with Gasteiger partial charge < -0.3 is 19.7 Å². The van der Waals surface area contributed by atoms with Gasteiger partial charge in [-0.25, -0.2) is 9.80 Å². The van der Waals surface area contributed by atoms with E-state index in [4.69, 9.17) is 9.47 Å². The molecule has 12 nitrogen and oxygen atoms in total. The summed E-state index contributed by atoms with van der Waals surface area (Å²) in [4.78, 5) is 41.6. The maximum atomic E-state index is 13.9. The van der Waals surface area contributed by atoms with Crippen LogP contribution in [0.25, 0.3) is 0 Å². The third-order valence-corrected chi connectivity index (χ3v) is 6.96. The molecule has 2 aromatic rings. The quantitative estimate of drug-likeness (QED) is 0.364. The summed E-state index contributed by atoms with van der Waals surface area (Å²) in [5.41, 5.74) is 1.69. The Morgan fingerprint density at radius 2 is 1.78 bits per heavy atom. The van der Waals surface area contributed by atoms with E-state index in [1.54, 1.807) is 19.2 Å². The van der Waals surface area contributed by atoms with E-state index in [1.807, 2.05) is 45.0 Å². The monoisotopic (exact) mass is 566 g/mol. The minimum Gasteiger partial charge on any atom is -0.497 e. The number of amides is 3. The Labute approximate surface area is 240 Å². The van der Waals surface area contributed by atoms with Crippen molar-refractivity contribution in [2.45, 2.75) is 38.8 Å². The predicted octanol–water partition coefficient (Wildman–Crippen LogP) is 3.42. The minimum atomic E-state index is -0.474. The van der Waals surface area contributed by atoms with Crippen LogP contribution in [-0.4, -0.2) is 96.0 Å². The van der Waals surface area contributed by atoms with Gasteiger partial charge in [-0.2, -0.15) is 5.10 Å². The van der Waals surface area contributed by atoms with Gasteiger partial charge in [-0.05, 0) is 56.2 Å². The number of nitro groups is 1. The first-order valence-electron chi connectivity index (χ1n) is 13.7. The van der Waals surface area contributed by atoms with Gasteiger partial charge in [0.2, 0.25) is 0 Å². The fraction of sp³-hybridized carbons (Fsp3) is 0.483. The van der Waals surface area contributed by atoms with Gasteiger partial charge in [0, 0.05) is 50.3 Å². The molecule has 1 fully saturated rings. The second kappa shape index (κ2) is 13.1. The number of urea groups is 1. The van der Waals surface area contributed by atoms with E-state index < -0.39 is 16.5 Å². The molecule has 0 bridgehead atoms. The zero-order valence-electron chi connectivity index (χ0n) is 24.0. The van der Waals surface area contributed by atoms with Crippen LogP contribution < -0.4 is 10.1 Å². The number of nitrogens with one attached hydrogen (secondary N) is 1. The van der Waals surface area contributed by atoms with Crippen LogP contribution in [0, 0.1) is 10.1 Å². The van der Waals surface area contributed by atoms with Gasteiger partial charge in [0.1, 0.15) is 12.3 Å². The summed E-state index contributed by atoms with van der Waals surface area (Å²) in [7, 11) is 1.59. The number of methoxy groups -OCH3 is 1. The van der Waals surface area contributed by atoms with Gasteiger partial charge in [0.25, 0.3) is 11.6 Å². The van der Waals surface area contributed by atoms with Crippen molar-refractivity contribution in [1.29, 1.82) is 0 Å². The van der Waals surface area contributed by atoms with Gasteiger partial charge in [-0.15, -0.1) is 0 Å². The highest BCUT2D eigenvalue weighted by Gasteiger charge is 2.35. The number of morpholine rings is 1. The van der Waals surface area contributed by atoms with Crippen LogP contribution in [0.3, 0.4) is 0 Å². The molecule has 4 rings (SSSR count). The summed E-state index contributed by atoms with van der Waals surface area (Å²) in [6.45, 7) is 9.36. The highest BCUT2D eigenvalue weighted by Crippen LogP contribution is 2.34. The second-order valence-electron chi connectivity index (χ2n) is 11.1. The van der Waals surface area contributed by atoms with Crippen molar-refractivity contribution in [3.63, 3.8) is 0 Å². The van der Waals surface area contributed by atoms with Crippen LogP contribution in [0.2, 0.25) is 0 Å². The average Bonchev–Trinajstić information content (AvgIpc) is 3.40. The highest BCUT2D eigenvalue weighted by atomic mass is 16.6. The van der Waals surface area contributed by atoms with Gasteiger partial charge in [-0.3, -0.25) is 19.8 Å². The summed E-state index contributed by atoms with van der Waals surface area (Å²) in [5, 5.41) is 20.2. The van der Waals surface area contributed by atoms with Crippen LogP contribution in [0.15, 0.2) is 53.6 Å². The lowest BCUT2D eigenvalue weighted by Gasteiger charge is -2.32. The van der Waals surface area contributed by atoms with E-state index in [1.165, 1.54) is 22.0 Å². The molecule has 1 atom stereocenters. The number of hydrogen-bond acceptors (Lipinski definition) is 8. The molecular formula is C29H38N6O6. The maximum absolute atomic E-state index is 13.9. The Kier molecular flexibility index (Phi) is 9.56. The SMILES string of the molecule is COc1ccc([C@@H]2CC(c3ccc([N+](=O)[O-])cc3)=NN2C(=O)CN(CCN2CCOCC2)C(=O)NC(C)(C)C)cc1. The smallest absolute Gasteiger partial charge is 0.318 e. The Hall–Kier alpha value is -4.03. The number of non-ortho nitro benzene ring substituents is 1.